The second kappa shape index (κ2) is 5.70. The zero-order chi connectivity index (χ0) is 13.2. The Morgan fingerprint density at radius 3 is 2.78 bits per heavy atom. The van der Waals surface area contributed by atoms with Gasteiger partial charge in [-0.2, -0.15) is 0 Å². The van der Waals surface area contributed by atoms with Crippen LogP contribution < -0.4 is 0 Å². The van der Waals surface area contributed by atoms with Crippen molar-refractivity contribution in [3.63, 3.8) is 0 Å². The molecule has 3 nitrogen and oxygen atoms in total. The van der Waals surface area contributed by atoms with E-state index >= 15 is 0 Å². The predicted octanol–water partition coefficient (Wildman–Crippen LogP) is 2.08. The Morgan fingerprint density at radius 2 is 2.17 bits per heavy atom. The maximum atomic E-state index is 11.6. The fourth-order valence-electron chi connectivity index (χ4n) is 3.69. The van der Waals surface area contributed by atoms with Crippen LogP contribution in [0.1, 0.15) is 46.0 Å². The average Bonchev–Trinajstić information content (AvgIpc) is 2.34. The molecule has 1 N–H and O–H groups in total. The van der Waals surface area contributed by atoms with Gasteiger partial charge in [0.1, 0.15) is 6.29 Å². The molecule has 0 aromatic rings. The summed E-state index contributed by atoms with van der Waals surface area (Å²) in [6.07, 6.45) is 6.52. The summed E-state index contributed by atoms with van der Waals surface area (Å²) in [6, 6.07) is 0. The van der Waals surface area contributed by atoms with Crippen LogP contribution in [0.3, 0.4) is 0 Å². The molecule has 2 aliphatic rings. The van der Waals surface area contributed by atoms with Crippen LogP contribution in [0.2, 0.25) is 0 Å². The number of piperidine rings is 1. The van der Waals surface area contributed by atoms with E-state index < -0.39 is 0 Å². The van der Waals surface area contributed by atoms with E-state index in [1.54, 1.807) is 0 Å². The Kier molecular flexibility index (Phi) is 4.44. The summed E-state index contributed by atoms with van der Waals surface area (Å²) >= 11 is 0. The monoisotopic (exact) mass is 253 g/mol. The molecule has 0 radical (unpaired) electrons. The average molecular weight is 253 g/mol. The zero-order valence-corrected chi connectivity index (χ0v) is 11.8. The molecule has 0 aromatic carbocycles. The van der Waals surface area contributed by atoms with Crippen LogP contribution in [0, 0.1) is 17.3 Å². The minimum atomic E-state index is -0.219. The Bertz CT molecular complexity index is 294. The molecule has 1 saturated heterocycles. The highest BCUT2D eigenvalue weighted by molar-refractivity contribution is 5.60. The second-order valence-electron chi connectivity index (χ2n) is 6.75. The molecule has 1 aliphatic heterocycles. The van der Waals surface area contributed by atoms with Crippen molar-refractivity contribution in [2.45, 2.75) is 52.1 Å². The highest BCUT2D eigenvalue weighted by Crippen LogP contribution is 2.39. The van der Waals surface area contributed by atoms with Crippen molar-refractivity contribution < 1.29 is 9.90 Å². The minimum Gasteiger partial charge on any atom is -0.392 e. The number of aldehydes is 1. The molecule has 2 fully saturated rings. The molecule has 2 rings (SSSR count). The van der Waals surface area contributed by atoms with Crippen LogP contribution in [0.25, 0.3) is 0 Å². The lowest BCUT2D eigenvalue weighted by atomic mass is 9.70. The summed E-state index contributed by atoms with van der Waals surface area (Å²) < 4.78 is 0. The first kappa shape index (κ1) is 14.0. The Morgan fingerprint density at radius 1 is 1.39 bits per heavy atom. The van der Waals surface area contributed by atoms with Gasteiger partial charge in [-0.25, -0.2) is 0 Å². The molecule has 0 spiro atoms. The van der Waals surface area contributed by atoms with Crippen LogP contribution in [-0.4, -0.2) is 42.0 Å². The molecule has 4 unspecified atom stereocenters. The zero-order valence-electron chi connectivity index (χ0n) is 11.8. The summed E-state index contributed by atoms with van der Waals surface area (Å²) in [4.78, 5) is 13.9. The van der Waals surface area contributed by atoms with E-state index in [0.717, 1.165) is 38.9 Å². The van der Waals surface area contributed by atoms with Gasteiger partial charge in [0.05, 0.1) is 6.10 Å². The maximum Gasteiger partial charge on any atom is 0.127 e. The summed E-state index contributed by atoms with van der Waals surface area (Å²) in [7, 11) is 0. The molecule has 1 aliphatic carbocycles. The van der Waals surface area contributed by atoms with Crippen LogP contribution >= 0.6 is 0 Å². The smallest absolute Gasteiger partial charge is 0.127 e. The number of carbonyl (C=O) groups is 1. The van der Waals surface area contributed by atoms with E-state index in [4.69, 9.17) is 0 Å². The third-order valence-electron chi connectivity index (χ3n) is 4.92. The number of likely N-dealkylation sites (tertiary alicyclic amines) is 1. The molecule has 1 saturated carbocycles. The molecule has 0 bridgehead atoms. The number of hydrogen-bond donors (Lipinski definition) is 1. The van der Waals surface area contributed by atoms with Gasteiger partial charge in [0.2, 0.25) is 0 Å². The number of β-amino-alcohol motifs (C(OH)–C–C–N with tert-alkyl or cyclic N) is 1. The highest BCUT2D eigenvalue weighted by Gasteiger charge is 2.37. The molecular formula is C15H27NO2. The summed E-state index contributed by atoms with van der Waals surface area (Å²) in [5.74, 6) is 1.07. The van der Waals surface area contributed by atoms with Gasteiger partial charge < -0.3 is 9.90 Å². The largest absolute Gasteiger partial charge is 0.392 e. The fourth-order valence-corrected chi connectivity index (χ4v) is 3.69. The van der Waals surface area contributed by atoms with Crippen molar-refractivity contribution in [3.8, 4) is 0 Å². The summed E-state index contributed by atoms with van der Waals surface area (Å²) in [5, 5.41) is 9.96. The minimum absolute atomic E-state index is 0.141. The van der Waals surface area contributed by atoms with E-state index in [0.29, 0.717) is 11.8 Å². The lowest BCUT2D eigenvalue weighted by Gasteiger charge is -2.42. The number of nitrogens with zero attached hydrogens (tertiary/aromatic N) is 1. The van der Waals surface area contributed by atoms with Crippen LogP contribution in [-0.2, 0) is 4.79 Å². The van der Waals surface area contributed by atoms with Crippen molar-refractivity contribution in [1.82, 2.24) is 4.90 Å². The van der Waals surface area contributed by atoms with Crippen molar-refractivity contribution in [2.24, 2.45) is 17.3 Å². The van der Waals surface area contributed by atoms with Crippen molar-refractivity contribution in [1.29, 1.82) is 0 Å². The first-order chi connectivity index (χ1) is 8.54. The summed E-state index contributed by atoms with van der Waals surface area (Å²) in [6.45, 7) is 6.99. The third kappa shape index (κ3) is 3.12. The lowest BCUT2D eigenvalue weighted by Crippen LogP contribution is -2.49. The molecule has 0 amide bonds. The molecule has 4 atom stereocenters. The second-order valence-corrected chi connectivity index (χ2v) is 6.75. The maximum absolute atomic E-state index is 11.6. The molecule has 3 heteroatoms. The van der Waals surface area contributed by atoms with Crippen LogP contribution in [0.4, 0.5) is 0 Å². The van der Waals surface area contributed by atoms with Gasteiger partial charge in [0.15, 0.2) is 0 Å². The first-order valence-corrected chi connectivity index (χ1v) is 7.41. The van der Waals surface area contributed by atoms with Crippen LogP contribution in [0.15, 0.2) is 0 Å². The topological polar surface area (TPSA) is 40.5 Å². The lowest BCUT2D eigenvalue weighted by molar-refractivity contribution is -0.121. The van der Waals surface area contributed by atoms with Crippen molar-refractivity contribution >= 4 is 6.29 Å². The van der Waals surface area contributed by atoms with Gasteiger partial charge in [0.25, 0.3) is 0 Å². The summed E-state index contributed by atoms with van der Waals surface area (Å²) in [5.41, 5.74) is -0.141. The van der Waals surface area contributed by atoms with E-state index in [2.05, 4.69) is 18.7 Å². The number of aliphatic hydroxyl groups is 1. The molecule has 1 heterocycles. The third-order valence-corrected chi connectivity index (χ3v) is 4.92. The normalized spacial score (nSPS) is 42.7. The van der Waals surface area contributed by atoms with E-state index in [-0.39, 0.29) is 11.5 Å². The van der Waals surface area contributed by atoms with E-state index in [1.165, 1.54) is 19.1 Å². The van der Waals surface area contributed by atoms with E-state index in [1.807, 2.05) is 0 Å². The van der Waals surface area contributed by atoms with Gasteiger partial charge in [-0.1, -0.05) is 26.7 Å². The molecule has 104 valence electrons. The Balaban J connectivity index is 1.95. The Hall–Kier alpha value is -0.410. The van der Waals surface area contributed by atoms with Crippen molar-refractivity contribution in [2.75, 3.05) is 19.6 Å². The quantitative estimate of drug-likeness (QED) is 0.783. The number of aliphatic hydroxyl groups excluding tert-OH is 1. The van der Waals surface area contributed by atoms with Gasteiger partial charge in [0, 0.05) is 18.5 Å². The van der Waals surface area contributed by atoms with Crippen LogP contribution in [0.5, 0.6) is 0 Å². The molecule has 0 aromatic heterocycles. The van der Waals surface area contributed by atoms with Gasteiger partial charge in [-0.3, -0.25) is 4.90 Å². The number of hydrogen-bond acceptors (Lipinski definition) is 3. The Labute approximate surface area is 111 Å². The molecular weight excluding hydrogens is 226 g/mol. The first-order valence-electron chi connectivity index (χ1n) is 7.41. The number of rotatable bonds is 3. The standard InChI is InChI=1S/C15H27NO2/c1-12-4-3-6-15(8-12,11-17)10-16-7-5-13(2)14(18)9-16/h11-14,18H,3-10H2,1-2H3. The fraction of sp³-hybridized carbons (Fsp3) is 0.933. The molecule has 18 heavy (non-hydrogen) atoms. The van der Waals surface area contributed by atoms with Gasteiger partial charge >= 0.3 is 0 Å². The SMILES string of the molecule is CC1CCCC(C=O)(CN2CCC(C)C(O)C2)C1. The predicted molar refractivity (Wildman–Crippen MR) is 72.4 cm³/mol. The van der Waals surface area contributed by atoms with Crippen molar-refractivity contribution in [3.05, 3.63) is 0 Å². The van der Waals surface area contributed by atoms with Gasteiger partial charge in [-0.05, 0) is 37.6 Å². The van der Waals surface area contributed by atoms with Gasteiger partial charge in [-0.15, -0.1) is 0 Å². The number of carbonyl (C=O) groups excluding carboxylic acids is 1. The van der Waals surface area contributed by atoms with E-state index in [9.17, 15) is 9.90 Å². The highest BCUT2D eigenvalue weighted by atomic mass is 16.3.